The van der Waals surface area contributed by atoms with Crippen molar-refractivity contribution in [3.8, 4) is 0 Å². The van der Waals surface area contributed by atoms with Crippen LogP contribution in [0.1, 0.15) is 18.1 Å². The molecule has 6 heteroatoms. The number of rotatable bonds is 3. The summed E-state index contributed by atoms with van der Waals surface area (Å²) in [5.41, 5.74) is 5.14. The zero-order chi connectivity index (χ0) is 8.27. The molecule has 0 saturated carbocycles. The topological polar surface area (TPSA) is 64.9 Å². The summed E-state index contributed by atoms with van der Waals surface area (Å²) >= 11 is 0. The van der Waals surface area contributed by atoms with Gasteiger partial charge >= 0.3 is 6.43 Å². The maximum absolute atomic E-state index is 11.8. The molecule has 11 heavy (non-hydrogen) atoms. The van der Waals surface area contributed by atoms with Gasteiger partial charge in [-0.15, -0.1) is 0 Å². The van der Waals surface area contributed by atoms with Gasteiger partial charge in [0.1, 0.15) is 0 Å². The van der Waals surface area contributed by atoms with Gasteiger partial charge in [0.25, 0.3) is 5.89 Å². The second-order valence-electron chi connectivity index (χ2n) is 1.89. The molecule has 1 aromatic heterocycles. The molecule has 0 unspecified atom stereocenters. The highest BCUT2D eigenvalue weighted by molar-refractivity contribution is 4.87. The fraction of sp³-hybridized carbons (Fsp3) is 0.600. The van der Waals surface area contributed by atoms with E-state index in [1.165, 1.54) is 0 Å². The highest BCUT2D eigenvalue weighted by atomic mass is 19.3. The number of halogens is 2. The normalized spacial score (nSPS) is 10.9. The Labute approximate surface area is 61.4 Å². The predicted octanol–water partition coefficient (Wildman–Crippen LogP) is 0.508. The van der Waals surface area contributed by atoms with E-state index < -0.39 is 12.3 Å². The first kappa shape index (κ1) is 8.06. The van der Waals surface area contributed by atoms with E-state index in [1.54, 1.807) is 0 Å². The van der Waals surface area contributed by atoms with Crippen LogP contribution in [-0.2, 0) is 6.42 Å². The lowest BCUT2D eigenvalue weighted by Crippen LogP contribution is -2.03. The minimum atomic E-state index is -2.70. The Hall–Kier alpha value is -1.04. The van der Waals surface area contributed by atoms with E-state index in [-0.39, 0.29) is 5.82 Å². The van der Waals surface area contributed by atoms with Crippen LogP contribution in [0.15, 0.2) is 4.52 Å². The monoisotopic (exact) mass is 163 g/mol. The highest BCUT2D eigenvalue weighted by Crippen LogP contribution is 2.15. The van der Waals surface area contributed by atoms with E-state index in [0.29, 0.717) is 13.0 Å². The van der Waals surface area contributed by atoms with Crippen molar-refractivity contribution in [1.29, 1.82) is 0 Å². The first-order valence-corrected chi connectivity index (χ1v) is 3.04. The van der Waals surface area contributed by atoms with Crippen molar-refractivity contribution >= 4 is 0 Å². The van der Waals surface area contributed by atoms with Gasteiger partial charge in [-0.1, -0.05) is 5.16 Å². The average Bonchev–Trinajstić information content (AvgIpc) is 2.37. The first-order chi connectivity index (χ1) is 5.24. The number of aromatic nitrogens is 2. The van der Waals surface area contributed by atoms with Crippen molar-refractivity contribution < 1.29 is 13.3 Å². The summed E-state index contributed by atoms with van der Waals surface area (Å²) in [4.78, 5) is 3.39. The number of alkyl halides is 2. The molecule has 0 radical (unpaired) electrons. The Morgan fingerprint density at radius 2 is 2.27 bits per heavy atom. The van der Waals surface area contributed by atoms with Crippen LogP contribution in [-0.4, -0.2) is 16.7 Å². The van der Waals surface area contributed by atoms with Gasteiger partial charge in [0.2, 0.25) is 0 Å². The lowest BCUT2D eigenvalue weighted by atomic mass is 10.4. The highest BCUT2D eigenvalue weighted by Gasteiger charge is 2.15. The SMILES string of the molecule is NCCc1noc(C(F)F)n1. The predicted molar refractivity (Wildman–Crippen MR) is 32.0 cm³/mol. The van der Waals surface area contributed by atoms with Crippen molar-refractivity contribution in [3.63, 3.8) is 0 Å². The van der Waals surface area contributed by atoms with Crippen LogP contribution in [0.3, 0.4) is 0 Å². The van der Waals surface area contributed by atoms with Crippen molar-refractivity contribution in [1.82, 2.24) is 10.1 Å². The Bertz CT molecular complexity index is 225. The van der Waals surface area contributed by atoms with Gasteiger partial charge in [-0.25, -0.2) is 0 Å². The van der Waals surface area contributed by atoms with E-state index >= 15 is 0 Å². The molecule has 0 spiro atoms. The van der Waals surface area contributed by atoms with E-state index in [1.807, 2.05) is 0 Å². The van der Waals surface area contributed by atoms with Gasteiger partial charge in [-0.05, 0) is 6.54 Å². The molecule has 4 nitrogen and oxygen atoms in total. The van der Waals surface area contributed by atoms with Crippen LogP contribution in [0.4, 0.5) is 8.78 Å². The fourth-order valence-corrected chi connectivity index (χ4v) is 0.587. The quantitative estimate of drug-likeness (QED) is 0.704. The van der Waals surface area contributed by atoms with E-state index in [2.05, 4.69) is 14.7 Å². The first-order valence-electron chi connectivity index (χ1n) is 3.04. The Morgan fingerprint density at radius 1 is 1.55 bits per heavy atom. The van der Waals surface area contributed by atoms with Gasteiger partial charge in [0.15, 0.2) is 5.82 Å². The second-order valence-corrected chi connectivity index (χ2v) is 1.89. The van der Waals surface area contributed by atoms with Crippen LogP contribution in [0, 0.1) is 0 Å². The molecule has 0 aromatic carbocycles. The van der Waals surface area contributed by atoms with Crippen LogP contribution < -0.4 is 5.73 Å². The Morgan fingerprint density at radius 3 is 2.73 bits per heavy atom. The molecule has 1 heterocycles. The smallest absolute Gasteiger partial charge is 0.315 e. The third-order valence-corrected chi connectivity index (χ3v) is 1.04. The molecular weight excluding hydrogens is 156 g/mol. The molecule has 2 N–H and O–H groups in total. The zero-order valence-corrected chi connectivity index (χ0v) is 5.63. The van der Waals surface area contributed by atoms with E-state index in [4.69, 9.17) is 5.73 Å². The number of nitrogens with two attached hydrogens (primary N) is 1. The Balaban J connectivity index is 2.66. The summed E-state index contributed by atoms with van der Waals surface area (Å²) in [6.07, 6.45) is -2.34. The molecule has 0 aliphatic rings. The summed E-state index contributed by atoms with van der Waals surface area (Å²) in [5.74, 6) is -0.420. The summed E-state index contributed by atoms with van der Waals surface area (Å²) in [7, 11) is 0. The molecule has 0 saturated heterocycles. The third-order valence-electron chi connectivity index (χ3n) is 1.04. The lowest BCUT2D eigenvalue weighted by molar-refractivity contribution is 0.106. The van der Waals surface area contributed by atoms with Gasteiger partial charge in [0.05, 0.1) is 0 Å². The number of nitrogens with zero attached hydrogens (tertiary/aromatic N) is 2. The maximum atomic E-state index is 11.8. The third kappa shape index (κ3) is 1.94. The zero-order valence-electron chi connectivity index (χ0n) is 5.63. The van der Waals surface area contributed by atoms with Gasteiger partial charge in [0, 0.05) is 6.42 Å². The van der Waals surface area contributed by atoms with Crippen molar-refractivity contribution in [2.75, 3.05) is 6.54 Å². The summed E-state index contributed by atoms with van der Waals surface area (Å²) in [5, 5.41) is 3.28. The lowest BCUT2D eigenvalue weighted by Gasteiger charge is -1.85. The molecule has 62 valence electrons. The molecule has 1 rings (SSSR count). The fourth-order valence-electron chi connectivity index (χ4n) is 0.587. The number of hydrogen-bond donors (Lipinski definition) is 1. The largest absolute Gasteiger partial charge is 0.333 e. The molecular formula is C5H7F2N3O. The summed E-state index contributed by atoms with van der Waals surface area (Å²) < 4.78 is 27.8. The minimum Gasteiger partial charge on any atom is -0.333 e. The number of hydrogen-bond acceptors (Lipinski definition) is 4. The molecule has 0 amide bonds. The average molecular weight is 163 g/mol. The van der Waals surface area contributed by atoms with Crippen LogP contribution in [0.2, 0.25) is 0 Å². The summed E-state index contributed by atoms with van der Waals surface area (Å²) in [6.45, 7) is 0.322. The molecule has 0 aliphatic heterocycles. The summed E-state index contributed by atoms with van der Waals surface area (Å²) in [6, 6.07) is 0. The van der Waals surface area contributed by atoms with Crippen LogP contribution >= 0.6 is 0 Å². The molecule has 0 bridgehead atoms. The Kier molecular flexibility index (Phi) is 2.48. The van der Waals surface area contributed by atoms with Gasteiger partial charge in [-0.2, -0.15) is 13.8 Å². The van der Waals surface area contributed by atoms with Gasteiger partial charge in [-0.3, -0.25) is 0 Å². The minimum absolute atomic E-state index is 0.225. The van der Waals surface area contributed by atoms with E-state index in [0.717, 1.165) is 0 Å². The molecule has 0 fully saturated rings. The molecule has 1 aromatic rings. The van der Waals surface area contributed by atoms with Gasteiger partial charge < -0.3 is 10.3 Å². The van der Waals surface area contributed by atoms with Crippen LogP contribution in [0.25, 0.3) is 0 Å². The standard InChI is InChI=1S/C5H7F2N3O/c6-4(7)5-9-3(1-2-8)10-11-5/h4H,1-2,8H2. The van der Waals surface area contributed by atoms with Crippen LogP contribution in [0.5, 0.6) is 0 Å². The van der Waals surface area contributed by atoms with Crippen molar-refractivity contribution in [2.24, 2.45) is 5.73 Å². The second kappa shape index (κ2) is 3.38. The molecule has 0 aliphatic carbocycles. The maximum Gasteiger partial charge on any atom is 0.315 e. The molecule has 0 atom stereocenters. The van der Waals surface area contributed by atoms with E-state index in [9.17, 15) is 8.78 Å². The van der Waals surface area contributed by atoms with Crippen molar-refractivity contribution in [3.05, 3.63) is 11.7 Å². The van der Waals surface area contributed by atoms with Crippen molar-refractivity contribution in [2.45, 2.75) is 12.8 Å².